The van der Waals surface area contributed by atoms with Crippen molar-refractivity contribution in [3.05, 3.63) is 11.6 Å². The normalized spacial score (nSPS) is 58.9. The standard InChI is InChI=1S/C21H34O2/c1-12-9-14-11-15(22)10-13(2)21(14,4)17-7-8-20(3)16(19(12)17)5-6-18(20)23/h9,12-13,15-19,22-23H,5-8,10-11H2,1-4H3/t12?,13?,15?,16-,17+,18?,19-,20-,21-/m0/s1. The highest BCUT2D eigenvalue weighted by Gasteiger charge is 2.61. The third-order valence-electron chi connectivity index (χ3n) is 8.92. The van der Waals surface area contributed by atoms with E-state index in [1.165, 1.54) is 19.3 Å². The number of hydrogen-bond donors (Lipinski definition) is 2. The number of hydrogen-bond acceptors (Lipinski definition) is 2. The molecule has 0 aromatic heterocycles. The predicted octanol–water partition coefficient (Wildman–Crippen LogP) is 4.16. The molecule has 3 fully saturated rings. The molecule has 4 aliphatic carbocycles. The molecule has 9 atom stereocenters. The summed E-state index contributed by atoms with van der Waals surface area (Å²) in [5.74, 6) is 3.30. The van der Waals surface area contributed by atoms with Gasteiger partial charge in [0.15, 0.2) is 0 Å². The first-order chi connectivity index (χ1) is 10.8. The van der Waals surface area contributed by atoms with E-state index in [0.717, 1.165) is 31.1 Å². The van der Waals surface area contributed by atoms with Gasteiger partial charge in [-0.2, -0.15) is 0 Å². The topological polar surface area (TPSA) is 40.5 Å². The van der Waals surface area contributed by atoms with Crippen LogP contribution in [-0.4, -0.2) is 22.4 Å². The average molecular weight is 319 g/mol. The number of aliphatic hydroxyl groups excluding tert-OH is 2. The summed E-state index contributed by atoms with van der Waals surface area (Å²) in [4.78, 5) is 0. The van der Waals surface area contributed by atoms with E-state index in [0.29, 0.717) is 17.8 Å². The summed E-state index contributed by atoms with van der Waals surface area (Å²) in [5.41, 5.74) is 1.96. The smallest absolute Gasteiger partial charge is 0.0596 e. The fourth-order valence-corrected chi connectivity index (χ4v) is 7.41. The van der Waals surface area contributed by atoms with Crippen LogP contribution in [0.25, 0.3) is 0 Å². The van der Waals surface area contributed by atoms with Crippen molar-refractivity contribution in [2.75, 3.05) is 0 Å². The lowest BCUT2D eigenvalue weighted by atomic mass is 9.44. The first-order valence-electron chi connectivity index (χ1n) is 9.85. The second-order valence-corrected chi connectivity index (χ2v) is 9.76. The van der Waals surface area contributed by atoms with Gasteiger partial charge in [0.05, 0.1) is 12.2 Å². The number of aliphatic hydroxyl groups is 2. The highest BCUT2D eigenvalue weighted by Crippen LogP contribution is 2.66. The van der Waals surface area contributed by atoms with Crippen molar-refractivity contribution >= 4 is 0 Å². The lowest BCUT2D eigenvalue weighted by molar-refractivity contribution is -0.0987. The minimum atomic E-state index is -0.143. The van der Waals surface area contributed by atoms with Crippen LogP contribution in [0.4, 0.5) is 0 Å². The molecule has 3 saturated carbocycles. The molecule has 0 spiro atoms. The van der Waals surface area contributed by atoms with Crippen LogP contribution in [0.3, 0.4) is 0 Å². The van der Waals surface area contributed by atoms with Crippen molar-refractivity contribution in [3.8, 4) is 0 Å². The van der Waals surface area contributed by atoms with Gasteiger partial charge in [-0.05, 0) is 78.9 Å². The molecule has 0 aromatic carbocycles. The van der Waals surface area contributed by atoms with Crippen molar-refractivity contribution in [3.63, 3.8) is 0 Å². The predicted molar refractivity (Wildman–Crippen MR) is 92.8 cm³/mol. The molecule has 0 aromatic rings. The summed E-state index contributed by atoms with van der Waals surface area (Å²) < 4.78 is 0. The highest BCUT2D eigenvalue weighted by atomic mass is 16.3. The van der Waals surface area contributed by atoms with Gasteiger partial charge in [-0.3, -0.25) is 0 Å². The van der Waals surface area contributed by atoms with Crippen LogP contribution in [0.5, 0.6) is 0 Å². The first-order valence-corrected chi connectivity index (χ1v) is 9.85. The second kappa shape index (κ2) is 5.08. The van der Waals surface area contributed by atoms with E-state index in [1.54, 1.807) is 5.57 Å². The molecule has 4 rings (SSSR count). The van der Waals surface area contributed by atoms with E-state index >= 15 is 0 Å². The average Bonchev–Trinajstić information content (AvgIpc) is 2.78. The number of allylic oxidation sites excluding steroid dienone is 1. The van der Waals surface area contributed by atoms with Crippen LogP contribution in [0.1, 0.15) is 66.2 Å². The van der Waals surface area contributed by atoms with Gasteiger partial charge in [-0.1, -0.05) is 39.3 Å². The van der Waals surface area contributed by atoms with E-state index in [4.69, 9.17) is 0 Å². The van der Waals surface area contributed by atoms with Gasteiger partial charge < -0.3 is 10.2 Å². The fourth-order valence-electron chi connectivity index (χ4n) is 7.41. The fraction of sp³-hybridized carbons (Fsp3) is 0.905. The quantitative estimate of drug-likeness (QED) is 0.658. The molecule has 130 valence electrons. The second-order valence-electron chi connectivity index (χ2n) is 9.76. The van der Waals surface area contributed by atoms with Crippen molar-refractivity contribution in [1.29, 1.82) is 0 Å². The molecular weight excluding hydrogens is 284 g/mol. The van der Waals surface area contributed by atoms with E-state index in [9.17, 15) is 10.2 Å². The number of fused-ring (bicyclic) bond motifs is 5. The van der Waals surface area contributed by atoms with Crippen molar-refractivity contribution in [2.45, 2.75) is 78.4 Å². The van der Waals surface area contributed by atoms with Gasteiger partial charge >= 0.3 is 0 Å². The Morgan fingerprint density at radius 2 is 1.78 bits per heavy atom. The summed E-state index contributed by atoms with van der Waals surface area (Å²) in [5, 5.41) is 20.9. The van der Waals surface area contributed by atoms with Gasteiger partial charge in [0.25, 0.3) is 0 Å². The molecule has 0 aliphatic heterocycles. The lowest BCUT2D eigenvalue weighted by Crippen LogP contribution is -2.55. The summed E-state index contributed by atoms with van der Waals surface area (Å²) in [6.45, 7) is 9.60. The minimum absolute atomic E-state index is 0.0931. The molecule has 2 heteroatoms. The summed E-state index contributed by atoms with van der Waals surface area (Å²) >= 11 is 0. The first kappa shape index (κ1) is 16.1. The molecule has 23 heavy (non-hydrogen) atoms. The third-order valence-corrected chi connectivity index (χ3v) is 8.92. The maximum absolute atomic E-state index is 10.6. The highest BCUT2D eigenvalue weighted by molar-refractivity contribution is 5.28. The SMILES string of the molecule is CC1C=C2CC(O)CC(C)[C@]2(C)[C@@H]2CC[C@]3(C)C(O)CC[C@H]3[C@H]12. The zero-order valence-electron chi connectivity index (χ0n) is 15.3. The van der Waals surface area contributed by atoms with E-state index in [-0.39, 0.29) is 23.0 Å². The zero-order valence-corrected chi connectivity index (χ0v) is 15.3. The van der Waals surface area contributed by atoms with Gasteiger partial charge in [-0.25, -0.2) is 0 Å². The molecule has 0 bridgehead atoms. The maximum atomic E-state index is 10.6. The lowest BCUT2D eigenvalue weighted by Gasteiger charge is -2.61. The van der Waals surface area contributed by atoms with Crippen LogP contribution < -0.4 is 0 Å². The Hall–Kier alpha value is -0.340. The van der Waals surface area contributed by atoms with Crippen LogP contribution >= 0.6 is 0 Å². The van der Waals surface area contributed by atoms with Crippen LogP contribution in [0.15, 0.2) is 11.6 Å². The molecule has 0 radical (unpaired) electrons. The van der Waals surface area contributed by atoms with E-state index in [2.05, 4.69) is 33.8 Å². The summed E-state index contributed by atoms with van der Waals surface area (Å²) in [6, 6.07) is 0. The van der Waals surface area contributed by atoms with Gasteiger partial charge in [0, 0.05) is 0 Å². The largest absolute Gasteiger partial charge is 0.393 e. The molecule has 2 nitrogen and oxygen atoms in total. The van der Waals surface area contributed by atoms with Crippen LogP contribution in [0, 0.1) is 40.4 Å². The van der Waals surface area contributed by atoms with Crippen molar-refractivity contribution in [1.82, 2.24) is 0 Å². The Morgan fingerprint density at radius 3 is 2.52 bits per heavy atom. The van der Waals surface area contributed by atoms with Gasteiger partial charge in [0.2, 0.25) is 0 Å². The number of rotatable bonds is 0. The Balaban J connectivity index is 1.76. The monoisotopic (exact) mass is 318 g/mol. The van der Waals surface area contributed by atoms with Crippen LogP contribution in [0.2, 0.25) is 0 Å². The molecule has 0 heterocycles. The van der Waals surface area contributed by atoms with Crippen molar-refractivity contribution < 1.29 is 10.2 Å². The Labute approximate surface area is 141 Å². The molecule has 2 N–H and O–H groups in total. The minimum Gasteiger partial charge on any atom is -0.393 e. The zero-order chi connectivity index (χ0) is 16.6. The molecular formula is C21H34O2. The van der Waals surface area contributed by atoms with Crippen LogP contribution in [-0.2, 0) is 0 Å². The molecule has 4 unspecified atom stereocenters. The molecule has 4 aliphatic rings. The Morgan fingerprint density at radius 1 is 1.04 bits per heavy atom. The Bertz CT molecular complexity index is 526. The van der Waals surface area contributed by atoms with Crippen molar-refractivity contribution in [2.24, 2.45) is 40.4 Å². The van der Waals surface area contributed by atoms with E-state index in [1.807, 2.05) is 0 Å². The Kier molecular flexibility index (Phi) is 3.57. The van der Waals surface area contributed by atoms with Gasteiger partial charge in [0.1, 0.15) is 0 Å². The maximum Gasteiger partial charge on any atom is 0.0596 e. The molecule has 0 saturated heterocycles. The summed E-state index contributed by atoms with van der Waals surface area (Å²) in [6.07, 6.45) is 8.78. The summed E-state index contributed by atoms with van der Waals surface area (Å²) in [7, 11) is 0. The van der Waals surface area contributed by atoms with Gasteiger partial charge in [-0.15, -0.1) is 0 Å². The van der Waals surface area contributed by atoms with E-state index < -0.39 is 0 Å². The molecule has 0 amide bonds. The third kappa shape index (κ3) is 2.00.